The van der Waals surface area contributed by atoms with Crippen molar-refractivity contribution in [1.29, 1.82) is 0 Å². The highest BCUT2D eigenvalue weighted by Crippen LogP contribution is 2.20. The molecule has 1 amide bonds. The molecule has 8 heteroatoms. The van der Waals surface area contributed by atoms with Crippen molar-refractivity contribution in [2.45, 2.75) is 17.9 Å². The maximum Gasteiger partial charge on any atom is 0.241 e. The lowest BCUT2D eigenvalue weighted by Crippen LogP contribution is -2.54. The number of rotatable bonds is 5. The van der Waals surface area contributed by atoms with Crippen LogP contribution in [0.1, 0.15) is 6.92 Å². The number of fused-ring (bicyclic) bond motifs is 1. The normalized spacial score (nSPS) is 15.8. The van der Waals surface area contributed by atoms with E-state index >= 15 is 0 Å². The Bertz CT molecular complexity index is 1190. The van der Waals surface area contributed by atoms with Gasteiger partial charge in [-0.2, -0.15) is 4.72 Å². The molecule has 1 fully saturated rings. The summed E-state index contributed by atoms with van der Waals surface area (Å²) < 4.78 is 41.3. The number of carbonyl (C=O) groups is 1. The van der Waals surface area contributed by atoms with Gasteiger partial charge in [-0.05, 0) is 54.1 Å². The summed E-state index contributed by atoms with van der Waals surface area (Å²) in [6, 6.07) is 17.8. The van der Waals surface area contributed by atoms with Crippen LogP contribution in [0.2, 0.25) is 0 Å². The summed E-state index contributed by atoms with van der Waals surface area (Å²) in [6.07, 6.45) is 0. The number of sulfonamides is 1. The Kier molecular flexibility index (Phi) is 5.93. The van der Waals surface area contributed by atoms with Crippen molar-refractivity contribution in [1.82, 2.24) is 9.62 Å². The lowest BCUT2D eigenvalue weighted by atomic mass is 10.1. The van der Waals surface area contributed by atoms with E-state index in [4.69, 9.17) is 0 Å². The molecule has 0 radical (unpaired) electrons. The number of nitrogens with one attached hydrogen (secondary N) is 1. The summed E-state index contributed by atoms with van der Waals surface area (Å²) in [5, 5.41) is 1.77. The average Bonchev–Trinajstić information content (AvgIpc) is 2.78. The molecule has 0 bridgehead atoms. The first-order chi connectivity index (χ1) is 14.8. The van der Waals surface area contributed by atoms with Crippen LogP contribution in [-0.2, 0) is 14.8 Å². The van der Waals surface area contributed by atoms with Crippen LogP contribution >= 0.6 is 0 Å². The molecule has 1 N–H and O–H groups in total. The molecule has 0 aromatic heterocycles. The van der Waals surface area contributed by atoms with Gasteiger partial charge in [-0.3, -0.25) is 4.79 Å². The minimum absolute atomic E-state index is 0.131. The summed E-state index contributed by atoms with van der Waals surface area (Å²) in [5.74, 6) is -0.548. The number of amides is 1. The van der Waals surface area contributed by atoms with Crippen LogP contribution in [0, 0.1) is 5.82 Å². The Labute approximate surface area is 181 Å². The molecule has 1 atom stereocenters. The number of halogens is 1. The fourth-order valence-electron chi connectivity index (χ4n) is 3.80. The van der Waals surface area contributed by atoms with Crippen molar-refractivity contribution in [3.05, 3.63) is 72.5 Å². The lowest BCUT2D eigenvalue weighted by Gasteiger charge is -2.37. The first-order valence-electron chi connectivity index (χ1n) is 10.1. The highest BCUT2D eigenvalue weighted by molar-refractivity contribution is 7.89. The van der Waals surface area contributed by atoms with Crippen LogP contribution in [0.3, 0.4) is 0 Å². The molecule has 31 heavy (non-hydrogen) atoms. The summed E-state index contributed by atoms with van der Waals surface area (Å²) in [5.41, 5.74) is 0.901. The molecule has 4 rings (SSSR count). The average molecular weight is 442 g/mol. The third-order valence-corrected chi connectivity index (χ3v) is 7.06. The molecular formula is C23H24FN3O3S. The maximum atomic E-state index is 13.1. The molecule has 0 unspecified atom stereocenters. The van der Waals surface area contributed by atoms with Crippen molar-refractivity contribution >= 4 is 32.4 Å². The molecule has 1 aliphatic rings. The number of nitrogens with zero attached hydrogens (tertiary/aromatic N) is 2. The highest BCUT2D eigenvalue weighted by atomic mass is 32.2. The van der Waals surface area contributed by atoms with E-state index in [0.717, 1.165) is 16.5 Å². The number of carbonyl (C=O) groups excluding carboxylic acids is 1. The van der Waals surface area contributed by atoms with Crippen LogP contribution in [0.4, 0.5) is 10.1 Å². The third-order valence-electron chi connectivity index (χ3n) is 5.52. The number of hydrogen-bond acceptors (Lipinski definition) is 4. The summed E-state index contributed by atoms with van der Waals surface area (Å²) in [7, 11) is -3.84. The zero-order valence-electron chi connectivity index (χ0n) is 17.2. The lowest BCUT2D eigenvalue weighted by molar-refractivity contribution is -0.132. The van der Waals surface area contributed by atoms with Crippen molar-refractivity contribution < 1.29 is 17.6 Å². The molecule has 1 saturated heterocycles. The summed E-state index contributed by atoms with van der Waals surface area (Å²) >= 11 is 0. The van der Waals surface area contributed by atoms with E-state index < -0.39 is 16.1 Å². The largest absolute Gasteiger partial charge is 0.368 e. The third kappa shape index (κ3) is 4.70. The fraction of sp³-hybridized carbons (Fsp3) is 0.261. The first kappa shape index (κ1) is 21.3. The number of anilines is 1. The minimum Gasteiger partial charge on any atom is -0.368 e. The van der Waals surface area contributed by atoms with Gasteiger partial charge in [0.05, 0.1) is 10.9 Å². The van der Waals surface area contributed by atoms with Gasteiger partial charge in [-0.1, -0.05) is 30.3 Å². The first-order valence-corrected chi connectivity index (χ1v) is 11.6. The number of benzene rings is 3. The molecule has 3 aromatic carbocycles. The quantitative estimate of drug-likeness (QED) is 0.661. The molecular weight excluding hydrogens is 417 g/mol. The molecule has 1 heterocycles. The van der Waals surface area contributed by atoms with Gasteiger partial charge >= 0.3 is 0 Å². The van der Waals surface area contributed by atoms with Gasteiger partial charge in [0.25, 0.3) is 0 Å². The zero-order valence-corrected chi connectivity index (χ0v) is 18.0. The van der Waals surface area contributed by atoms with Gasteiger partial charge < -0.3 is 9.80 Å². The Morgan fingerprint density at radius 1 is 0.935 bits per heavy atom. The van der Waals surface area contributed by atoms with E-state index in [9.17, 15) is 17.6 Å². The summed E-state index contributed by atoms with van der Waals surface area (Å²) in [6.45, 7) is 3.70. The van der Waals surface area contributed by atoms with Crippen LogP contribution in [0.25, 0.3) is 10.8 Å². The van der Waals surface area contributed by atoms with Gasteiger partial charge in [-0.15, -0.1) is 0 Å². The molecule has 6 nitrogen and oxygen atoms in total. The van der Waals surface area contributed by atoms with Crippen LogP contribution in [-0.4, -0.2) is 51.4 Å². The number of hydrogen-bond donors (Lipinski definition) is 1. The standard InChI is InChI=1S/C23H24FN3O3S/c1-17(25-31(29,30)22-11-6-18-4-2-3-5-19(18)16-22)23(28)27-14-12-26(13-15-27)21-9-7-20(24)8-10-21/h2-11,16-17,25H,12-15H2,1H3/t17-/m0/s1. The second kappa shape index (κ2) is 8.64. The van der Waals surface area contributed by atoms with Crippen molar-refractivity contribution in [2.75, 3.05) is 31.1 Å². The second-order valence-electron chi connectivity index (χ2n) is 7.64. The van der Waals surface area contributed by atoms with E-state index in [1.165, 1.54) is 12.1 Å². The SMILES string of the molecule is C[C@H](NS(=O)(=O)c1ccc2ccccc2c1)C(=O)N1CCN(c2ccc(F)cc2)CC1. The van der Waals surface area contributed by atoms with Crippen LogP contribution in [0.15, 0.2) is 71.6 Å². The monoisotopic (exact) mass is 441 g/mol. The molecule has 0 saturated carbocycles. The summed E-state index contributed by atoms with van der Waals surface area (Å²) in [4.78, 5) is 16.7. The smallest absolute Gasteiger partial charge is 0.241 e. The Morgan fingerprint density at radius 3 is 2.26 bits per heavy atom. The van der Waals surface area contributed by atoms with Crippen LogP contribution in [0.5, 0.6) is 0 Å². The van der Waals surface area contributed by atoms with Crippen molar-refractivity contribution in [2.24, 2.45) is 0 Å². The van der Waals surface area contributed by atoms with Gasteiger partial charge in [0.1, 0.15) is 5.82 Å². The predicted octanol–water partition coefficient (Wildman–Crippen LogP) is 2.99. The highest BCUT2D eigenvalue weighted by Gasteiger charge is 2.28. The van der Waals surface area contributed by atoms with E-state index in [2.05, 4.69) is 9.62 Å². The van der Waals surface area contributed by atoms with Gasteiger partial charge in [0.15, 0.2) is 0 Å². The van der Waals surface area contributed by atoms with Crippen LogP contribution < -0.4 is 9.62 Å². The molecule has 162 valence electrons. The van der Waals surface area contributed by atoms with E-state index in [1.807, 2.05) is 24.3 Å². The molecule has 0 aliphatic carbocycles. The maximum absolute atomic E-state index is 13.1. The fourth-order valence-corrected chi connectivity index (χ4v) is 5.03. The van der Waals surface area contributed by atoms with E-state index in [0.29, 0.717) is 26.2 Å². The Morgan fingerprint density at radius 2 is 1.58 bits per heavy atom. The minimum atomic E-state index is -3.84. The van der Waals surface area contributed by atoms with Gasteiger partial charge in [0, 0.05) is 31.9 Å². The molecule has 3 aromatic rings. The molecule has 0 spiro atoms. The number of piperazine rings is 1. The van der Waals surface area contributed by atoms with E-state index in [1.54, 1.807) is 42.2 Å². The van der Waals surface area contributed by atoms with Gasteiger partial charge in [-0.25, -0.2) is 12.8 Å². The zero-order chi connectivity index (χ0) is 22.0. The predicted molar refractivity (Wildman–Crippen MR) is 119 cm³/mol. The molecule has 1 aliphatic heterocycles. The van der Waals surface area contributed by atoms with Crippen molar-refractivity contribution in [3.63, 3.8) is 0 Å². The van der Waals surface area contributed by atoms with E-state index in [-0.39, 0.29) is 16.6 Å². The van der Waals surface area contributed by atoms with Crippen molar-refractivity contribution in [3.8, 4) is 0 Å². The Balaban J connectivity index is 1.39. The van der Waals surface area contributed by atoms with Gasteiger partial charge in [0.2, 0.25) is 15.9 Å². The second-order valence-corrected chi connectivity index (χ2v) is 9.35. The topological polar surface area (TPSA) is 69.7 Å². The Hall–Kier alpha value is -2.97.